The first-order chi connectivity index (χ1) is 13.6. The van der Waals surface area contributed by atoms with Gasteiger partial charge in [0.05, 0.1) is 31.9 Å². The molecule has 162 valence electrons. The van der Waals surface area contributed by atoms with Crippen molar-refractivity contribution in [3.8, 4) is 0 Å². The van der Waals surface area contributed by atoms with Crippen LogP contribution in [0.15, 0.2) is 17.8 Å². The van der Waals surface area contributed by atoms with Gasteiger partial charge in [0.1, 0.15) is 12.2 Å². The first kappa shape index (κ1) is 23.1. The highest BCUT2D eigenvalue weighted by atomic mass is 16.8. The molecule has 0 bridgehead atoms. The largest absolute Gasteiger partial charge is 0.467 e. The van der Waals surface area contributed by atoms with Gasteiger partial charge >= 0.3 is 5.97 Å². The summed E-state index contributed by atoms with van der Waals surface area (Å²) >= 11 is 0. The third kappa shape index (κ3) is 5.06. The van der Waals surface area contributed by atoms with E-state index in [0.29, 0.717) is 0 Å². The van der Waals surface area contributed by atoms with E-state index in [9.17, 15) is 14.7 Å². The highest BCUT2D eigenvalue weighted by Gasteiger charge is 2.57. The van der Waals surface area contributed by atoms with Crippen LogP contribution in [-0.2, 0) is 28.5 Å². The maximum Gasteiger partial charge on any atom is 0.338 e. The van der Waals surface area contributed by atoms with Crippen LogP contribution < -0.4 is 5.32 Å². The van der Waals surface area contributed by atoms with Gasteiger partial charge in [-0.1, -0.05) is 11.2 Å². The maximum absolute atomic E-state index is 12.6. The van der Waals surface area contributed by atoms with Gasteiger partial charge in [-0.3, -0.25) is 4.79 Å². The van der Waals surface area contributed by atoms with Crippen LogP contribution in [0.5, 0.6) is 0 Å². The number of methoxy groups -OCH3 is 1. The standard InChI is InChI=1S/C18H28N4O7/c1-6-7-18(16(25)26-5)8-11(24)13(21-10(2)23)15(29-18)14-12(9-20-22-19)27-17(3,4)28-14/h6,11-15,24H,1,7-9H2,2-5H3,(H,21,23)/t11-,12?,13+,14+,15+,18+/m0/s1. The van der Waals surface area contributed by atoms with Gasteiger partial charge in [0.2, 0.25) is 5.91 Å². The number of aliphatic hydroxyl groups excluding tert-OH is 1. The fourth-order valence-corrected chi connectivity index (χ4v) is 3.92. The molecule has 2 saturated heterocycles. The monoisotopic (exact) mass is 412 g/mol. The minimum Gasteiger partial charge on any atom is -0.467 e. The minimum absolute atomic E-state index is 0.0555. The number of carbonyl (C=O) groups is 2. The van der Waals surface area contributed by atoms with Gasteiger partial charge in [-0.2, -0.15) is 0 Å². The minimum atomic E-state index is -1.51. The number of amides is 1. The summed E-state index contributed by atoms with van der Waals surface area (Å²) in [6.45, 7) is 8.27. The van der Waals surface area contributed by atoms with Crippen LogP contribution in [0.2, 0.25) is 0 Å². The number of nitrogens with one attached hydrogen (secondary N) is 1. The van der Waals surface area contributed by atoms with Crippen molar-refractivity contribution in [1.82, 2.24) is 5.32 Å². The molecule has 11 heteroatoms. The Morgan fingerprint density at radius 2 is 2.07 bits per heavy atom. The first-order valence-corrected chi connectivity index (χ1v) is 9.28. The normalized spacial score (nSPS) is 36.0. The first-order valence-electron chi connectivity index (χ1n) is 9.28. The summed E-state index contributed by atoms with van der Waals surface area (Å²) in [7, 11) is 1.22. The smallest absolute Gasteiger partial charge is 0.338 e. The van der Waals surface area contributed by atoms with E-state index in [1.807, 2.05) is 0 Å². The van der Waals surface area contributed by atoms with E-state index in [2.05, 4.69) is 21.9 Å². The summed E-state index contributed by atoms with van der Waals surface area (Å²) in [5.41, 5.74) is 7.18. The third-order valence-corrected chi connectivity index (χ3v) is 4.94. The molecule has 0 radical (unpaired) electrons. The van der Waals surface area contributed by atoms with Crippen LogP contribution in [0.1, 0.15) is 33.6 Å². The van der Waals surface area contributed by atoms with Crippen LogP contribution in [0.4, 0.5) is 0 Å². The summed E-state index contributed by atoms with van der Waals surface area (Å²) in [5.74, 6) is -2.09. The van der Waals surface area contributed by atoms with Crippen molar-refractivity contribution in [2.75, 3.05) is 13.7 Å². The Labute approximate surface area is 168 Å². The second kappa shape index (κ2) is 9.10. The lowest BCUT2D eigenvalue weighted by atomic mass is 9.81. The number of carbonyl (C=O) groups excluding carboxylic acids is 2. The fraction of sp³-hybridized carbons (Fsp3) is 0.778. The molecule has 1 amide bonds. The lowest BCUT2D eigenvalue weighted by molar-refractivity contribution is -0.230. The average molecular weight is 412 g/mol. The van der Waals surface area contributed by atoms with Crippen molar-refractivity contribution in [2.24, 2.45) is 5.11 Å². The van der Waals surface area contributed by atoms with E-state index in [0.717, 1.165) is 0 Å². The Morgan fingerprint density at radius 3 is 2.62 bits per heavy atom. The maximum atomic E-state index is 12.6. The predicted octanol–water partition coefficient (Wildman–Crippen LogP) is 0.959. The third-order valence-electron chi connectivity index (χ3n) is 4.94. The van der Waals surface area contributed by atoms with E-state index >= 15 is 0 Å². The second-order valence-corrected chi connectivity index (χ2v) is 7.61. The van der Waals surface area contributed by atoms with E-state index in [4.69, 9.17) is 24.5 Å². The molecular formula is C18H28N4O7. The van der Waals surface area contributed by atoms with E-state index in [1.54, 1.807) is 13.8 Å². The molecule has 0 aliphatic carbocycles. The fourth-order valence-electron chi connectivity index (χ4n) is 3.92. The molecule has 2 heterocycles. The molecule has 1 unspecified atom stereocenters. The Morgan fingerprint density at radius 1 is 1.38 bits per heavy atom. The van der Waals surface area contributed by atoms with Crippen LogP contribution in [0.3, 0.4) is 0 Å². The van der Waals surface area contributed by atoms with Crippen LogP contribution in [0, 0.1) is 0 Å². The van der Waals surface area contributed by atoms with Crippen molar-refractivity contribution in [3.63, 3.8) is 0 Å². The molecule has 2 N–H and O–H groups in total. The molecule has 29 heavy (non-hydrogen) atoms. The Balaban J connectivity index is 2.47. The molecule has 0 aromatic rings. The summed E-state index contributed by atoms with van der Waals surface area (Å²) in [6.07, 6.45) is -2.20. The zero-order valence-electron chi connectivity index (χ0n) is 17.0. The number of ether oxygens (including phenoxy) is 4. The van der Waals surface area contributed by atoms with E-state index < -0.39 is 47.8 Å². The molecule has 2 rings (SSSR count). The molecule has 2 aliphatic heterocycles. The van der Waals surface area contributed by atoms with Crippen LogP contribution >= 0.6 is 0 Å². The predicted molar refractivity (Wildman–Crippen MR) is 101 cm³/mol. The lowest BCUT2D eigenvalue weighted by Crippen LogP contribution is -2.67. The number of rotatable bonds is 7. The van der Waals surface area contributed by atoms with Crippen LogP contribution in [0.25, 0.3) is 10.4 Å². The van der Waals surface area contributed by atoms with E-state index in [1.165, 1.54) is 20.1 Å². The summed E-state index contributed by atoms with van der Waals surface area (Å²) in [4.78, 5) is 27.1. The van der Waals surface area contributed by atoms with Gasteiger partial charge < -0.3 is 29.4 Å². The van der Waals surface area contributed by atoms with Gasteiger partial charge in [-0.05, 0) is 19.4 Å². The number of nitrogens with zero attached hydrogens (tertiary/aromatic N) is 3. The molecule has 0 aromatic carbocycles. The SMILES string of the molecule is C=CC[C@]1(C(=O)OC)C[C@H](O)[C@@H](NC(C)=O)[C@H]([C@@H]2OC(C)(C)OC2CN=[N+]=[N-])O1. The highest BCUT2D eigenvalue weighted by molar-refractivity contribution is 5.80. The van der Waals surface area contributed by atoms with Crippen molar-refractivity contribution in [2.45, 2.75) is 75.5 Å². The number of aliphatic hydroxyl groups is 1. The Hall–Kier alpha value is -2.17. The summed E-state index contributed by atoms with van der Waals surface area (Å²) in [5, 5.41) is 17.1. The van der Waals surface area contributed by atoms with Gasteiger partial charge in [-0.15, -0.1) is 6.58 Å². The average Bonchev–Trinajstić information content (AvgIpc) is 2.95. The number of azide groups is 1. The Bertz CT molecular complexity index is 694. The lowest BCUT2D eigenvalue weighted by Gasteiger charge is -2.47. The topological polar surface area (TPSA) is 152 Å². The molecule has 6 atom stereocenters. The van der Waals surface area contributed by atoms with Crippen molar-refractivity contribution < 1.29 is 33.6 Å². The van der Waals surface area contributed by atoms with Gasteiger partial charge in [0, 0.05) is 24.7 Å². The molecule has 0 spiro atoms. The van der Waals surface area contributed by atoms with Gasteiger partial charge in [-0.25, -0.2) is 4.79 Å². The van der Waals surface area contributed by atoms with Gasteiger partial charge in [0.15, 0.2) is 11.4 Å². The molecule has 11 nitrogen and oxygen atoms in total. The highest BCUT2D eigenvalue weighted by Crippen LogP contribution is 2.40. The molecule has 0 aromatic heterocycles. The number of hydrogen-bond donors (Lipinski definition) is 2. The summed E-state index contributed by atoms with van der Waals surface area (Å²) in [6, 6.07) is -0.883. The number of hydrogen-bond acceptors (Lipinski definition) is 8. The molecule has 0 saturated carbocycles. The van der Waals surface area contributed by atoms with E-state index in [-0.39, 0.29) is 25.3 Å². The van der Waals surface area contributed by atoms with Gasteiger partial charge in [0.25, 0.3) is 0 Å². The quantitative estimate of drug-likeness (QED) is 0.208. The molecule has 2 aliphatic rings. The van der Waals surface area contributed by atoms with Crippen LogP contribution in [-0.4, -0.2) is 72.5 Å². The number of esters is 1. The second-order valence-electron chi connectivity index (χ2n) is 7.61. The van der Waals surface area contributed by atoms with Crippen molar-refractivity contribution in [3.05, 3.63) is 23.1 Å². The summed E-state index contributed by atoms with van der Waals surface area (Å²) < 4.78 is 22.9. The van der Waals surface area contributed by atoms with Crippen molar-refractivity contribution >= 4 is 11.9 Å². The zero-order valence-corrected chi connectivity index (χ0v) is 17.0. The Kier molecular flexibility index (Phi) is 7.25. The van der Waals surface area contributed by atoms with Crippen molar-refractivity contribution in [1.29, 1.82) is 0 Å². The molecular weight excluding hydrogens is 384 g/mol. The zero-order chi connectivity index (χ0) is 21.8. The molecule has 2 fully saturated rings.